The Kier molecular flexibility index (Phi) is 2.95. The summed E-state index contributed by atoms with van der Waals surface area (Å²) in [6, 6.07) is 12.6. The van der Waals surface area contributed by atoms with Crippen molar-refractivity contribution in [2.24, 2.45) is 5.92 Å². The number of halogens is 1. The number of hydrogen-bond acceptors (Lipinski definition) is 1. The van der Waals surface area contributed by atoms with Crippen LogP contribution < -0.4 is 0 Å². The Bertz CT molecular complexity index is 847. The number of nitrogens with zero attached hydrogens (tertiary/aromatic N) is 1. The van der Waals surface area contributed by atoms with Crippen LogP contribution in [0.3, 0.4) is 0 Å². The first-order valence-electron chi connectivity index (χ1n) is 7.47. The fourth-order valence-corrected chi connectivity index (χ4v) is 3.71. The molecule has 112 valence electrons. The Labute approximate surface area is 133 Å². The van der Waals surface area contributed by atoms with Crippen LogP contribution in [0.4, 0.5) is 0 Å². The Hall–Kier alpha value is -2.00. The van der Waals surface area contributed by atoms with Gasteiger partial charge in [-0.05, 0) is 50.1 Å². The summed E-state index contributed by atoms with van der Waals surface area (Å²) in [5, 5.41) is 12.2. The first-order chi connectivity index (χ1) is 10.5. The predicted molar refractivity (Wildman–Crippen MR) is 88.6 cm³/mol. The summed E-state index contributed by atoms with van der Waals surface area (Å²) < 4.78 is 2.29. The predicted octanol–water partition coefficient (Wildman–Crippen LogP) is 4.79. The minimum atomic E-state index is -0.684. The maximum Gasteiger partial charge on any atom is 0.306 e. The van der Waals surface area contributed by atoms with E-state index in [0.717, 1.165) is 21.4 Å². The maximum atomic E-state index is 11.1. The van der Waals surface area contributed by atoms with Gasteiger partial charge < -0.3 is 9.67 Å². The van der Waals surface area contributed by atoms with Crippen LogP contribution >= 0.6 is 11.6 Å². The first-order valence-corrected chi connectivity index (χ1v) is 7.85. The Morgan fingerprint density at radius 1 is 1.14 bits per heavy atom. The van der Waals surface area contributed by atoms with Crippen LogP contribution in [-0.2, 0) is 4.79 Å². The molecule has 0 aliphatic heterocycles. The molecule has 0 spiro atoms. The van der Waals surface area contributed by atoms with Gasteiger partial charge in [0.15, 0.2) is 0 Å². The van der Waals surface area contributed by atoms with Crippen molar-refractivity contribution in [3.63, 3.8) is 0 Å². The minimum absolute atomic E-state index is 0.213. The molecule has 3 nitrogen and oxygen atoms in total. The molecule has 1 aromatic heterocycles. The maximum absolute atomic E-state index is 11.1. The fourth-order valence-electron chi connectivity index (χ4n) is 3.53. The minimum Gasteiger partial charge on any atom is -0.481 e. The zero-order chi connectivity index (χ0) is 15.4. The van der Waals surface area contributed by atoms with Crippen molar-refractivity contribution in [3.05, 3.63) is 47.0 Å². The second-order valence-corrected chi connectivity index (χ2v) is 6.65. The van der Waals surface area contributed by atoms with E-state index in [4.69, 9.17) is 16.7 Å². The highest BCUT2D eigenvalue weighted by molar-refractivity contribution is 6.31. The fraction of sp³-hybridized carbons (Fsp3) is 0.278. The lowest BCUT2D eigenvalue weighted by Gasteiger charge is -2.34. The first kappa shape index (κ1) is 13.6. The number of hydrogen-bond donors (Lipinski definition) is 1. The van der Waals surface area contributed by atoms with Gasteiger partial charge in [-0.2, -0.15) is 0 Å². The van der Waals surface area contributed by atoms with Crippen molar-refractivity contribution in [2.75, 3.05) is 0 Å². The highest BCUT2D eigenvalue weighted by atomic mass is 35.5. The van der Waals surface area contributed by atoms with E-state index in [0.29, 0.717) is 12.8 Å². The van der Waals surface area contributed by atoms with Gasteiger partial charge in [-0.1, -0.05) is 23.2 Å². The van der Waals surface area contributed by atoms with Crippen molar-refractivity contribution < 1.29 is 9.90 Å². The lowest BCUT2D eigenvalue weighted by atomic mass is 9.80. The molecule has 1 saturated carbocycles. The van der Waals surface area contributed by atoms with Crippen molar-refractivity contribution >= 4 is 39.4 Å². The second-order valence-electron chi connectivity index (χ2n) is 6.21. The zero-order valence-corrected chi connectivity index (χ0v) is 13.0. The summed E-state index contributed by atoms with van der Waals surface area (Å²) in [5.41, 5.74) is 3.51. The molecule has 0 saturated heterocycles. The molecule has 4 heteroatoms. The van der Waals surface area contributed by atoms with Crippen LogP contribution in [0.2, 0.25) is 5.02 Å². The van der Waals surface area contributed by atoms with E-state index in [-0.39, 0.29) is 12.0 Å². The topological polar surface area (TPSA) is 42.2 Å². The van der Waals surface area contributed by atoms with E-state index in [1.165, 1.54) is 10.9 Å². The molecule has 0 amide bonds. The van der Waals surface area contributed by atoms with Gasteiger partial charge in [0.2, 0.25) is 0 Å². The molecule has 1 fully saturated rings. The summed E-state index contributed by atoms with van der Waals surface area (Å²) in [5.74, 6) is -0.897. The van der Waals surface area contributed by atoms with Gasteiger partial charge in [-0.3, -0.25) is 4.79 Å². The van der Waals surface area contributed by atoms with Crippen LogP contribution in [0.1, 0.15) is 24.4 Å². The Morgan fingerprint density at radius 3 is 2.45 bits per heavy atom. The molecule has 4 rings (SSSR count). The van der Waals surface area contributed by atoms with E-state index >= 15 is 0 Å². The SMILES string of the molecule is Cc1ccc2c(c1)c1cc(Cl)ccc1n2C1CC(C(=O)O)C1. The van der Waals surface area contributed by atoms with Gasteiger partial charge >= 0.3 is 5.97 Å². The number of benzene rings is 2. The average Bonchev–Trinajstić information content (AvgIpc) is 2.71. The molecule has 0 unspecified atom stereocenters. The smallest absolute Gasteiger partial charge is 0.306 e. The van der Waals surface area contributed by atoms with Crippen LogP contribution in [0.5, 0.6) is 0 Å². The number of carboxylic acid groups (broad SMARTS) is 1. The molecule has 3 aromatic rings. The largest absolute Gasteiger partial charge is 0.481 e. The number of aromatic nitrogens is 1. The van der Waals surface area contributed by atoms with Crippen LogP contribution in [0.25, 0.3) is 21.8 Å². The van der Waals surface area contributed by atoms with E-state index in [1.807, 2.05) is 18.2 Å². The normalized spacial score (nSPS) is 21.2. The highest BCUT2D eigenvalue weighted by Gasteiger charge is 2.36. The van der Waals surface area contributed by atoms with E-state index in [2.05, 4.69) is 29.7 Å². The number of carboxylic acids is 1. The lowest BCUT2D eigenvalue weighted by molar-refractivity contribution is -0.145. The molecule has 1 aliphatic rings. The Balaban J connectivity index is 1.94. The van der Waals surface area contributed by atoms with Crippen LogP contribution in [0, 0.1) is 12.8 Å². The van der Waals surface area contributed by atoms with Crippen LogP contribution in [0.15, 0.2) is 36.4 Å². The van der Waals surface area contributed by atoms with Gasteiger partial charge in [0.1, 0.15) is 0 Å². The van der Waals surface area contributed by atoms with Crippen molar-refractivity contribution in [1.29, 1.82) is 0 Å². The van der Waals surface area contributed by atoms with E-state index in [1.54, 1.807) is 0 Å². The number of rotatable bonds is 2. The molecule has 1 aliphatic carbocycles. The molecule has 1 heterocycles. The number of aryl methyl sites for hydroxylation is 1. The van der Waals surface area contributed by atoms with Gasteiger partial charge in [0, 0.05) is 32.9 Å². The van der Waals surface area contributed by atoms with Crippen molar-refractivity contribution in [2.45, 2.75) is 25.8 Å². The number of carbonyl (C=O) groups is 1. The molecule has 0 atom stereocenters. The Morgan fingerprint density at radius 2 is 1.77 bits per heavy atom. The van der Waals surface area contributed by atoms with Gasteiger partial charge in [-0.25, -0.2) is 0 Å². The molecular weight excluding hydrogens is 298 g/mol. The van der Waals surface area contributed by atoms with Crippen molar-refractivity contribution in [3.8, 4) is 0 Å². The summed E-state index contributed by atoms with van der Waals surface area (Å²) in [4.78, 5) is 11.1. The summed E-state index contributed by atoms with van der Waals surface area (Å²) in [6.45, 7) is 2.08. The zero-order valence-electron chi connectivity index (χ0n) is 12.2. The van der Waals surface area contributed by atoms with E-state index < -0.39 is 5.97 Å². The average molecular weight is 314 g/mol. The van der Waals surface area contributed by atoms with Crippen molar-refractivity contribution in [1.82, 2.24) is 4.57 Å². The molecule has 0 radical (unpaired) electrons. The van der Waals surface area contributed by atoms with Gasteiger partial charge in [-0.15, -0.1) is 0 Å². The quantitative estimate of drug-likeness (QED) is 0.739. The highest BCUT2D eigenvalue weighted by Crippen LogP contribution is 2.43. The molecule has 2 aromatic carbocycles. The third-order valence-electron chi connectivity index (χ3n) is 4.75. The summed E-state index contributed by atoms with van der Waals surface area (Å²) in [6.07, 6.45) is 1.40. The number of fused-ring (bicyclic) bond motifs is 3. The van der Waals surface area contributed by atoms with Gasteiger partial charge in [0.25, 0.3) is 0 Å². The molecule has 0 bridgehead atoms. The number of aliphatic carboxylic acids is 1. The molecule has 1 N–H and O–H groups in total. The third-order valence-corrected chi connectivity index (χ3v) is 4.98. The second kappa shape index (κ2) is 4.75. The van der Waals surface area contributed by atoms with E-state index in [9.17, 15) is 4.79 Å². The summed E-state index contributed by atoms with van der Waals surface area (Å²) in [7, 11) is 0. The third kappa shape index (κ3) is 1.92. The summed E-state index contributed by atoms with van der Waals surface area (Å²) >= 11 is 6.17. The lowest BCUT2D eigenvalue weighted by Crippen LogP contribution is -2.32. The molecule has 22 heavy (non-hydrogen) atoms. The van der Waals surface area contributed by atoms with Gasteiger partial charge in [0.05, 0.1) is 5.92 Å². The standard InChI is InChI=1S/C18H16ClNO2/c1-10-2-4-16-14(6-10)15-9-12(19)3-5-17(15)20(16)13-7-11(8-13)18(21)22/h2-6,9,11,13H,7-8H2,1H3,(H,21,22). The molecular formula is C18H16ClNO2. The van der Waals surface area contributed by atoms with Crippen LogP contribution in [-0.4, -0.2) is 15.6 Å². The monoisotopic (exact) mass is 313 g/mol.